The average molecular weight is 218 g/mol. The van der Waals surface area contributed by atoms with E-state index in [1.165, 1.54) is 25.0 Å². The summed E-state index contributed by atoms with van der Waals surface area (Å²) in [5.74, 6) is 0. The van der Waals surface area contributed by atoms with Gasteiger partial charge in [0.05, 0.1) is 12.7 Å². The van der Waals surface area contributed by atoms with Gasteiger partial charge in [-0.3, -0.25) is 0 Å². The number of unbranched alkanes of at least 4 members (excludes halogenated alkanes) is 2. The molecule has 0 unspecified atom stereocenters. The Hall–Kier alpha value is -1.58. The van der Waals surface area contributed by atoms with Crippen molar-refractivity contribution in [3.63, 3.8) is 0 Å². The van der Waals surface area contributed by atoms with Gasteiger partial charge in [0.25, 0.3) is 0 Å². The number of rotatable bonds is 6. The lowest BCUT2D eigenvalue weighted by Crippen LogP contribution is -1.97. The van der Waals surface area contributed by atoms with Crippen LogP contribution in [0.5, 0.6) is 0 Å². The summed E-state index contributed by atoms with van der Waals surface area (Å²) in [6.45, 7) is 1.07. The maximum Gasteiger partial charge on any atom is 0.0945 e. The van der Waals surface area contributed by atoms with E-state index in [2.05, 4.69) is 19.1 Å². The summed E-state index contributed by atoms with van der Waals surface area (Å²) in [7, 11) is 2.05. The van der Waals surface area contributed by atoms with Crippen LogP contribution in [-0.2, 0) is 20.0 Å². The van der Waals surface area contributed by atoms with Crippen LogP contribution in [0.2, 0.25) is 0 Å². The summed E-state index contributed by atoms with van der Waals surface area (Å²) in [5.41, 5.74) is 1.32. The first-order chi connectivity index (χ1) is 7.86. The fourth-order valence-electron chi connectivity index (χ4n) is 1.82. The topological polar surface area (TPSA) is 35.6 Å². The Kier molecular flexibility index (Phi) is 3.75. The number of nitrogens with zero attached hydrogens (tertiary/aromatic N) is 4. The lowest BCUT2D eigenvalue weighted by atomic mass is 10.1. The molecule has 86 valence electrons. The minimum Gasteiger partial charge on any atom is -0.338 e. The first kappa shape index (κ1) is 10.9. The summed E-state index contributed by atoms with van der Waals surface area (Å²) in [6.07, 6.45) is 14.4. The van der Waals surface area contributed by atoms with Gasteiger partial charge in [-0.25, -0.2) is 9.97 Å². The van der Waals surface area contributed by atoms with E-state index in [1.54, 1.807) is 0 Å². The van der Waals surface area contributed by atoms with Crippen LogP contribution in [-0.4, -0.2) is 19.1 Å². The van der Waals surface area contributed by atoms with Crippen LogP contribution in [0.15, 0.2) is 31.2 Å². The first-order valence-electron chi connectivity index (χ1n) is 5.77. The quantitative estimate of drug-likeness (QED) is 0.695. The molecule has 2 aromatic rings. The standard InChI is InChI=1S/C12H18N4/c1-15-10-14-9-12(15)5-3-2-4-7-16-8-6-13-11-16/h6,8-11H,2-5,7H2,1H3. The monoisotopic (exact) mass is 218 g/mol. The SMILES string of the molecule is Cn1cncc1CCCCCn1ccnc1. The normalized spacial score (nSPS) is 10.8. The Morgan fingerprint density at radius 2 is 2.06 bits per heavy atom. The summed E-state index contributed by atoms with van der Waals surface area (Å²) in [6, 6.07) is 0. The zero-order valence-corrected chi connectivity index (χ0v) is 9.71. The Morgan fingerprint density at radius 3 is 2.75 bits per heavy atom. The molecule has 2 rings (SSSR count). The number of imidazole rings is 2. The summed E-state index contributed by atoms with van der Waals surface area (Å²) in [5, 5.41) is 0. The van der Waals surface area contributed by atoms with Crippen LogP contribution in [0.3, 0.4) is 0 Å². The highest BCUT2D eigenvalue weighted by atomic mass is 15.0. The summed E-state index contributed by atoms with van der Waals surface area (Å²) >= 11 is 0. The average Bonchev–Trinajstić information content (AvgIpc) is 2.90. The molecule has 0 fully saturated rings. The molecule has 0 N–H and O–H groups in total. The third-order valence-electron chi connectivity index (χ3n) is 2.82. The number of aryl methyl sites for hydroxylation is 3. The van der Waals surface area contributed by atoms with Crippen molar-refractivity contribution in [3.8, 4) is 0 Å². The number of aromatic nitrogens is 4. The van der Waals surface area contributed by atoms with Crippen LogP contribution in [0.25, 0.3) is 0 Å². The lowest BCUT2D eigenvalue weighted by Gasteiger charge is -2.03. The van der Waals surface area contributed by atoms with E-state index in [0.717, 1.165) is 13.0 Å². The van der Waals surface area contributed by atoms with Crippen molar-refractivity contribution in [2.45, 2.75) is 32.2 Å². The Bertz CT molecular complexity index is 402. The van der Waals surface area contributed by atoms with Crippen molar-refractivity contribution in [2.75, 3.05) is 0 Å². The third-order valence-corrected chi connectivity index (χ3v) is 2.82. The van der Waals surface area contributed by atoms with Crippen molar-refractivity contribution < 1.29 is 0 Å². The van der Waals surface area contributed by atoms with E-state index in [4.69, 9.17) is 0 Å². The Balaban J connectivity index is 1.61. The van der Waals surface area contributed by atoms with E-state index in [9.17, 15) is 0 Å². The fraction of sp³-hybridized carbons (Fsp3) is 0.500. The molecular weight excluding hydrogens is 200 g/mol. The van der Waals surface area contributed by atoms with Gasteiger partial charge in [0.2, 0.25) is 0 Å². The Morgan fingerprint density at radius 1 is 1.12 bits per heavy atom. The molecule has 0 saturated heterocycles. The zero-order valence-electron chi connectivity index (χ0n) is 9.71. The molecule has 0 atom stereocenters. The minimum atomic E-state index is 1.07. The molecule has 0 aromatic carbocycles. The van der Waals surface area contributed by atoms with Crippen molar-refractivity contribution in [3.05, 3.63) is 36.9 Å². The van der Waals surface area contributed by atoms with Crippen molar-refractivity contribution in [1.82, 2.24) is 19.1 Å². The molecule has 4 nitrogen and oxygen atoms in total. The van der Waals surface area contributed by atoms with E-state index >= 15 is 0 Å². The van der Waals surface area contributed by atoms with Crippen LogP contribution in [0.1, 0.15) is 25.0 Å². The van der Waals surface area contributed by atoms with Crippen molar-refractivity contribution >= 4 is 0 Å². The Labute approximate surface area is 96.0 Å². The van der Waals surface area contributed by atoms with Gasteiger partial charge in [-0.2, -0.15) is 0 Å². The lowest BCUT2D eigenvalue weighted by molar-refractivity contribution is 0.581. The van der Waals surface area contributed by atoms with E-state index < -0.39 is 0 Å². The molecule has 2 aromatic heterocycles. The van der Waals surface area contributed by atoms with Crippen LogP contribution < -0.4 is 0 Å². The highest BCUT2D eigenvalue weighted by Gasteiger charge is 1.98. The van der Waals surface area contributed by atoms with Gasteiger partial charge in [-0.15, -0.1) is 0 Å². The highest BCUT2D eigenvalue weighted by molar-refractivity contribution is 4.97. The molecule has 0 bridgehead atoms. The van der Waals surface area contributed by atoms with Gasteiger partial charge in [-0.1, -0.05) is 6.42 Å². The third kappa shape index (κ3) is 2.95. The largest absolute Gasteiger partial charge is 0.338 e. The summed E-state index contributed by atoms with van der Waals surface area (Å²) in [4.78, 5) is 8.14. The molecule has 0 radical (unpaired) electrons. The second kappa shape index (κ2) is 5.49. The van der Waals surface area contributed by atoms with Gasteiger partial charge < -0.3 is 9.13 Å². The maximum atomic E-state index is 4.11. The van der Waals surface area contributed by atoms with Crippen LogP contribution in [0.4, 0.5) is 0 Å². The summed E-state index contributed by atoms with van der Waals surface area (Å²) < 4.78 is 4.22. The van der Waals surface area contributed by atoms with Gasteiger partial charge >= 0.3 is 0 Å². The van der Waals surface area contributed by atoms with Gasteiger partial charge in [0.15, 0.2) is 0 Å². The zero-order chi connectivity index (χ0) is 11.2. The van der Waals surface area contributed by atoms with Crippen molar-refractivity contribution in [1.29, 1.82) is 0 Å². The van der Waals surface area contributed by atoms with E-state index in [1.807, 2.05) is 38.3 Å². The molecule has 2 heterocycles. The number of hydrogen-bond acceptors (Lipinski definition) is 2. The predicted molar refractivity (Wildman–Crippen MR) is 63.0 cm³/mol. The van der Waals surface area contributed by atoms with Crippen LogP contribution in [0, 0.1) is 0 Å². The molecule has 0 aliphatic heterocycles. The molecular formula is C12H18N4. The smallest absolute Gasteiger partial charge is 0.0945 e. The van der Waals surface area contributed by atoms with Crippen LogP contribution >= 0.6 is 0 Å². The molecule has 0 aliphatic rings. The van der Waals surface area contributed by atoms with E-state index in [-0.39, 0.29) is 0 Å². The maximum absolute atomic E-state index is 4.11. The van der Waals surface area contributed by atoms with Gasteiger partial charge in [0.1, 0.15) is 0 Å². The molecule has 0 aliphatic carbocycles. The van der Waals surface area contributed by atoms with Gasteiger partial charge in [0, 0.05) is 37.9 Å². The van der Waals surface area contributed by atoms with Crippen molar-refractivity contribution in [2.24, 2.45) is 7.05 Å². The van der Waals surface area contributed by atoms with E-state index in [0.29, 0.717) is 0 Å². The molecule has 0 saturated carbocycles. The highest BCUT2D eigenvalue weighted by Crippen LogP contribution is 2.06. The number of hydrogen-bond donors (Lipinski definition) is 0. The second-order valence-corrected chi connectivity index (χ2v) is 4.11. The van der Waals surface area contributed by atoms with Gasteiger partial charge in [-0.05, 0) is 19.3 Å². The first-order valence-corrected chi connectivity index (χ1v) is 5.77. The molecule has 4 heteroatoms. The predicted octanol–water partition coefficient (Wildman–Crippen LogP) is 2.03. The molecule has 0 spiro atoms. The molecule has 16 heavy (non-hydrogen) atoms. The fourth-order valence-corrected chi connectivity index (χ4v) is 1.82. The second-order valence-electron chi connectivity index (χ2n) is 4.11. The minimum absolute atomic E-state index is 1.07. The molecule has 0 amide bonds.